The summed E-state index contributed by atoms with van der Waals surface area (Å²) in [6, 6.07) is 12.4. The maximum atomic E-state index is 12.1. The zero-order valence-electron chi connectivity index (χ0n) is 16.3. The average molecular weight is 500 g/mol. The SMILES string of the molecule is C=S(C)(=O)NC(=O)c1ccc(Nc2ncc(Br)c(Nc3ccc4nc[nH]c4c3)n2)cc1. The summed E-state index contributed by atoms with van der Waals surface area (Å²) in [5.41, 5.74) is 3.70. The van der Waals surface area contributed by atoms with Crippen LogP contribution >= 0.6 is 15.9 Å². The molecule has 0 radical (unpaired) electrons. The third kappa shape index (κ3) is 5.19. The summed E-state index contributed by atoms with van der Waals surface area (Å²) in [4.78, 5) is 28.1. The number of halogens is 1. The van der Waals surface area contributed by atoms with Gasteiger partial charge in [0, 0.05) is 39.1 Å². The Morgan fingerprint density at radius 3 is 2.58 bits per heavy atom. The van der Waals surface area contributed by atoms with Crippen molar-refractivity contribution >= 4 is 71.6 Å². The Balaban J connectivity index is 1.49. The molecule has 2 aromatic carbocycles. The number of aromatic amines is 1. The van der Waals surface area contributed by atoms with E-state index >= 15 is 0 Å². The first-order valence-corrected chi connectivity index (χ1v) is 11.9. The number of hydrogen-bond acceptors (Lipinski definition) is 7. The predicted octanol–water partition coefficient (Wildman–Crippen LogP) is 3.59. The summed E-state index contributed by atoms with van der Waals surface area (Å²) in [6.45, 7) is 0. The highest BCUT2D eigenvalue weighted by Gasteiger charge is 2.10. The van der Waals surface area contributed by atoms with Crippen LogP contribution in [0.4, 0.5) is 23.1 Å². The molecular weight excluding hydrogens is 482 g/mol. The van der Waals surface area contributed by atoms with E-state index in [0.29, 0.717) is 27.5 Å². The first-order valence-electron chi connectivity index (χ1n) is 9.01. The molecule has 0 spiro atoms. The van der Waals surface area contributed by atoms with Crippen LogP contribution in [0.15, 0.2) is 59.5 Å². The first kappa shape index (κ1) is 20.8. The third-order valence-corrected chi connectivity index (χ3v) is 5.34. The zero-order valence-corrected chi connectivity index (χ0v) is 18.8. The first-order chi connectivity index (χ1) is 14.8. The van der Waals surface area contributed by atoms with Crippen molar-refractivity contribution in [2.45, 2.75) is 0 Å². The third-order valence-electron chi connectivity index (χ3n) is 4.14. The molecule has 0 aliphatic rings. The molecule has 0 aliphatic heterocycles. The van der Waals surface area contributed by atoms with Crippen molar-refractivity contribution in [1.82, 2.24) is 24.7 Å². The lowest BCUT2D eigenvalue weighted by atomic mass is 10.2. The number of nitrogens with one attached hydrogen (secondary N) is 4. The maximum Gasteiger partial charge on any atom is 0.262 e. The summed E-state index contributed by atoms with van der Waals surface area (Å²) >= 11 is 3.46. The molecule has 0 bridgehead atoms. The van der Waals surface area contributed by atoms with Gasteiger partial charge in [-0.2, -0.15) is 4.98 Å². The highest BCUT2D eigenvalue weighted by Crippen LogP contribution is 2.26. The van der Waals surface area contributed by atoms with Gasteiger partial charge < -0.3 is 15.6 Å². The van der Waals surface area contributed by atoms with Crippen molar-refractivity contribution in [3.8, 4) is 0 Å². The van der Waals surface area contributed by atoms with E-state index in [1.54, 1.807) is 36.8 Å². The molecule has 1 amide bonds. The molecule has 0 saturated heterocycles. The van der Waals surface area contributed by atoms with Crippen molar-refractivity contribution in [3.63, 3.8) is 0 Å². The predicted molar refractivity (Wildman–Crippen MR) is 127 cm³/mol. The molecule has 11 heteroatoms. The zero-order chi connectivity index (χ0) is 22.0. The van der Waals surface area contributed by atoms with E-state index in [0.717, 1.165) is 16.7 Å². The molecule has 2 aromatic heterocycles. The Morgan fingerprint density at radius 2 is 1.84 bits per heavy atom. The quantitative estimate of drug-likeness (QED) is 0.298. The standard InChI is InChI=1S/C20H18BrN7O2S/c1-31(2,30)28-19(29)12-3-5-13(6-4-12)26-20-22-10-15(21)18(27-20)25-14-7-8-16-17(9-14)24-11-23-16/h3-11H,1H2,2H3,(H,23,24)(H,28,29,30)(H2,22,25,26,27). The molecule has 4 rings (SSSR count). The van der Waals surface area contributed by atoms with Crippen LogP contribution in [0.3, 0.4) is 0 Å². The van der Waals surface area contributed by atoms with Gasteiger partial charge >= 0.3 is 0 Å². The van der Waals surface area contributed by atoms with Crippen LogP contribution in [0.25, 0.3) is 11.0 Å². The number of nitrogens with zero attached hydrogens (tertiary/aromatic N) is 3. The number of carbonyl (C=O) groups excluding carboxylic acids is 1. The van der Waals surface area contributed by atoms with Gasteiger partial charge in [-0.15, -0.1) is 0 Å². The summed E-state index contributed by atoms with van der Waals surface area (Å²) in [7, 11) is -2.63. The van der Waals surface area contributed by atoms with Crippen molar-refractivity contribution in [2.24, 2.45) is 0 Å². The summed E-state index contributed by atoms with van der Waals surface area (Å²) in [5, 5.41) is 6.35. The molecule has 0 aliphatic carbocycles. The van der Waals surface area contributed by atoms with Gasteiger partial charge in [0.05, 0.1) is 21.8 Å². The number of anilines is 4. The minimum Gasteiger partial charge on any atom is -0.345 e. The van der Waals surface area contributed by atoms with Gasteiger partial charge in [0.25, 0.3) is 5.91 Å². The van der Waals surface area contributed by atoms with Crippen LogP contribution in [0.1, 0.15) is 10.4 Å². The van der Waals surface area contributed by atoms with Gasteiger partial charge in [-0.05, 0) is 64.3 Å². The number of imidazole rings is 1. The number of benzene rings is 2. The van der Waals surface area contributed by atoms with Crippen LogP contribution in [0.5, 0.6) is 0 Å². The second-order valence-electron chi connectivity index (χ2n) is 6.79. The minimum atomic E-state index is -2.63. The molecule has 1 atom stereocenters. The fourth-order valence-electron chi connectivity index (χ4n) is 2.75. The van der Waals surface area contributed by atoms with Crippen LogP contribution in [0.2, 0.25) is 0 Å². The van der Waals surface area contributed by atoms with Crippen molar-refractivity contribution in [3.05, 3.63) is 65.0 Å². The van der Waals surface area contributed by atoms with Gasteiger partial charge in [-0.25, -0.2) is 14.2 Å². The van der Waals surface area contributed by atoms with Gasteiger partial charge in [-0.3, -0.25) is 9.52 Å². The Kier molecular flexibility index (Phi) is 5.61. The second kappa shape index (κ2) is 8.36. The lowest BCUT2D eigenvalue weighted by Crippen LogP contribution is -2.29. The molecule has 2 heterocycles. The normalized spacial score (nSPS) is 12.8. The minimum absolute atomic E-state index is 0.372. The van der Waals surface area contributed by atoms with Crippen LogP contribution in [-0.2, 0) is 9.71 Å². The Bertz CT molecular complexity index is 1370. The Hall–Kier alpha value is -3.44. The Morgan fingerprint density at radius 1 is 1.10 bits per heavy atom. The highest BCUT2D eigenvalue weighted by molar-refractivity contribution is 9.10. The molecule has 158 valence electrons. The lowest BCUT2D eigenvalue weighted by molar-refractivity contribution is 0.0983. The van der Waals surface area contributed by atoms with E-state index in [1.807, 2.05) is 18.2 Å². The molecule has 31 heavy (non-hydrogen) atoms. The second-order valence-corrected chi connectivity index (χ2v) is 9.86. The number of carbonyl (C=O) groups is 1. The van der Waals surface area contributed by atoms with Crippen LogP contribution < -0.4 is 15.4 Å². The number of H-pyrrole nitrogens is 1. The monoisotopic (exact) mass is 499 g/mol. The fraction of sp³-hybridized carbons (Fsp3) is 0.0500. The molecule has 1 unspecified atom stereocenters. The van der Waals surface area contributed by atoms with Crippen molar-refractivity contribution in [2.75, 3.05) is 16.9 Å². The maximum absolute atomic E-state index is 12.1. The number of rotatable bonds is 6. The van der Waals surface area contributed by atoms with Crippen LogP contribution in [-0.4, -0.2) is 42.2 Å². The molecule has 4 aromatic rings. The molecule has 0 fully saturated rings. The number of amides is 1. The molecule has 0 saturated carbocycles. The van der Waals surface area contributed by atoms with Gasteiger partial charge in [0.15, 0.2) is 0 Å². The largest absolute Gasteiger partial charge is 0.345 e. The molecule has 4 N–H and O–H groups in total. The van der Waals surface area contributed by atoms with Gasteiger partial charge in [-0.1, -0.05) is 0 Å². The van der Waals surface area contributed by atoms with E-state index in [9.17, 15) is 9.00 Å². The molecule has 9 nitrogen and oxygen atoms in total. The number of fused-ring (bicyclic) bond motifs is 1. The average Bonchev–Trinajstić information content (AvgIpc) is 3.18. The number of hydrogen-bond donors (Lipinski definition) is 4. The van der Waals surface area contributed by atoms with Crippen molar-refractivity contribution < 1.29 is 9.00 Å². The Labute approximate surface area is 187 Å². The van der Waals surface area contributed by atoms with E-state index < -0.39 is 15.6 Å². The van der Waals surface area contributed by atoms with Gasteiger partial charge in [0.2, 0.25) is 5.95 Å². The van der Waals surface area contributed by atoms with Gasteiger partial charge in [0.1, 0.15) is 5.82 Å². The van der Waals surface area contributed by atoms with Crippen LogP contribution in [0, 0.1) is 0 Å². The van der Waals surface area contributed by atoms with E-state index in [-0.39, 0.29) is 0 Å². The fourth-order valence-corrected chi connectivity index (χ4v) is 3.55. The summed E-state index contributed by atoms with van der Waals surface area (Å²) in [6.07, 6.45) is 4.65. The lowest BCUT2D eigenvalue weighted by Gasteiger charge is -2.11. The molecular formula is C20H18BrN7O2S. The topological polar surface area (TPSA) is 125 Å². The summed E-state index contributed by atoms with van der Waals surface area (Å²) < 4.78 is 14.7. The van der Waals surface area contributed by atoms with E-state index in [2.05, 4.69) is 57.1 Å². The summed E-state index contributed by atoms with van der Waals surface area (Å²) in [5.74, 6) is 3.93. The van der Waals surface area contributed by atoms with E-state index in [4.69, 9.17) is 0 Å². The van der Waals surface area contributed by atoms with E-state index in [1.165, 1.54) is 6.26 Å². The highest BCUT2D eigenvalue weighted by atomic mass is 79.9. The number of aromatic nitrogens is 4. The van der Waals surface area contributed by atoms with Crippen molar-refractivity contribution in [1.29, 1.82) is 0 Å². The smallest absolute Gasteiger partial charge is 0.262 e.